The molecule has 3 heterocycles. The Bertz CT molecular complexity index is 735. The number of nitrogens with one attached hydrogen (secondary N) is 1. The lowest BCUT2D eigenvalue weighted by atomic mass is 10.2. The van der Waals surface area contributed by atoms with Gasteiger partial charge in [-0.05, 0) is 34.1 Å². The highest BCUT2D eigenvalue weighted by Crippen LogP contribution is 2.10. The SMILES string of the molecule is O=C(NCc1cn2ccccc2n1)c1cncc(Br)c1. The van der Waals surface area contributed by atoms with E-state index < -0.39 is 0 Å². The summed E-state index contributed by atoms with van der Waals surface area (Å²) in [6, 6.07) is 7.51. The Hall–Kier alpha value is -2.21. The van der Waals surface area contributed by atoms with Gasteiger partial charge in [0.1, 0.15) is 5.65 Å². The summed E-state index contributed by atoms with van der Waals surface area (Å²) in [5.74, 6) is -0.171. The maximum Gasteiger partial charge on any atom is 0.253 e. The fraction of sp³-hybridized carbons (Fsp3) is 0.0714. The number of imidazole rings is 1. The van der Waals surface area contributed by atoms with Crippen molar-refractivity contribution in [2.75, 3.05) is 0 Å². The second-order valence-corrected chi connectivity index (χ2v) is 5.19. The second-order valence-electron chi connectivity index (χ2n) is 4.27. The fourth-order valence-electron chi connectivity index (χ4n) is 1.88. The van der Waals surface area contributed by atoms with Crippen LogP contribution in [0.5, 0.6) is 0 Å². The van der Waals surface area contributed by atoms with Crippen molar-refractivity contribution in [3.63, 3.8) is 0 Å². The molecule has 0 bridgehead atoms. The molecule has 6 heteroatoms. The van der Waals surface area contributed by atoms with Crippen molar-refractivity contribution >= 4 is 27.5 Å². The van der Waals surface area contributed by atoms with Crippen LogP contribution in [0.15, 0.2) is 53.5 Å². The van der Waals surface area contributed by atoms with Gasteiger partial charge in [0.15, 0.2) is 0 Å². The Kier molecular flexibility index (Phi) is 3.47. The first-order valence-electron chi connectivity index (χ1n) is 6.04. The predicted molar refractivity (Wildman–Crippen MR) is 78.3 cm³/mol. The van der Waals surface area contributed by atoms with Crippen LogP contribution in [-0.2, 0) is 6.54 Å². The van der Waals surface area contributed by atoms with Gasteiger partial charge < -0.3 is 9.72 Å². The lowest BCUT2D eigenvalue weighted by Crippen LogP contribution is -2.23. The smallest absolute Gasteiger partial charge is 0.253 e. The van der Waals surface area contributed by atoms with Crippen molar-refractivity contribution < 1.29 is 4.79 Å². The van der Waals surface area contributed by atoms with E-state index >= 15 is 0 Å². The molecule has 0 radical (unpaired) electrons. The quantitative estimate of drug-likeness (QED) is 0.802. The number of aromatic nitrogens is 3. The van der Waals surface area contributed by atoms with Crippen LogP contribution in [0.1, 0.15) is 16.1 Å². The molecule has 20 heavy (non-hydrogen) atoms. The van der Waals surface area contributed by atoms with Gasteiger partial charge in [-0.25, -0.2) is 4.98 Å². The van der Waals surface area contributed by atoms with Crippen molar-refractivity contribution in [2.45, 2.75) is 6.54 Å². The number of amides is 1. The Morgan fingerprint density at radius 3 is 3.05 bits per heavy atom. The number of carbonyl (C=O) groups excluding carboxylic acids is 1. The number of hydrogen-bond acceptors (Lipinski definition) is 3. The van der Waals surface area contributed by atoms with E-state index in [2.05, 4.69) is 31.2 Å². The maximum absolute atomic E-state index is 12.0. The summed E-state index contributed by atoms with van der Waals surface area (Å²) in [4.78, 5) is 20.4. The fourth-order valence-corrected chi connectivity index (χ4v) is 2.25. The topological polar surface area (TPSA) is 59.3 Å². The molecule has 0 fully saturated rings. The largest absolute Gasteiger partial charge is 0.346 e. The minimum absolute atomic E-state index is 0.171. The minimum atomic E-state index is -0.171. The van der Waals surface area contributed by atoms with E-state index in [1.165, 1.54) is 6.20 Å². The molecule has 5 nitrogen and oxygen atoms in total. The number of fused-ring (bicyclic) bond motifs is 1. The molecule has 0 aliphatic carbocycles. The first kappa shape index (κ1) is 12.8. The molecule has 1 amide bonds. The molecule has 0 unspecified atom stereocenters. The molecule has 3 aromatic heterocycles. The summed E-state index contributed by atoms with van der Waals surface area (Å²) in [5, 5.41) is 2.83. The van der Waals surface area contributed by atoms with E-state index in [1.54, 1.807) is 12.3 Å². The standard InChI is InChI=1S/C14H11BrN4O/c15-11-5-10(6-16-7-11)14(20)17-8-12-9-19-4-2-1-3-13(19)18-12/h1-7,9H,8H2,(H,17,20). The Labute approximate surface area is 123 Å². The van der Waals surface area contributed by atoms with Gasteiger partial charge in [0.05, 0.1) is 17.8 Å². The van der Waals surface area contributed by atoms with Gasteiger partial charge in [-0.1, -0.05) is 6.07 Å². The van der Waals surface area contributed by atoms with Crippen LogP contribution in [0.25, 0.3) is 5.65 Å². The average Bonchev–Trinajstić information content (AvgIpc) is 2.87. The molecular weight excluding hydrogens is 320 g/mol. The number of rotatable bonds is 3. The van der Waals surface area contributed by atoms with Crippen molar-refractivity contribution in [3.05, 3.63) is 64.8 Å². The number of pyridine rings is 2. The molecule has 1 N–H and O–H groups in total. The zero-order chi connectivity index (χ0) is 13.9. The Morgan fingerprint density at radius 2 is 2.25 bits per heavy atom. The normalized spacial score (nSPS) is 10.7. The average molecular weight is 331 g/mol. The highest BCUT2D eigenvalue weighted by molar-refractivity contribution is 9.10. The summed E-state index contributed by atoms with van der Waals surface area (Å²) in [6.45, 7) is 0.382. The minimum Gasteiger partial charge on any atom is -0.346 e. The zero-order valence-corrected chi connectivity index (χ0v) is 12.0. The number of nitrogens with zero attached hydrogens (tertiary/aromatic N) is 3. The van der Waals surface area contributed by atoms with E-state index in [1.807, 2.05) is 35.0 Å². The molecule has 0 aliphatic rings. The maximum atomic E-state index is 12.0. The van der Waals surface area contributed by atoms with Gasteiger partial charge in [-0.3, -0.25) is 9.78 Å². The third-order valence-corrected chi connectivity index (χ3v) is 3.24. The van der Waals surface area contributed by atoms with Crippen LogP contribution < -0.4 is 5.32 Å². The van der Waals surface area contributed by atoms with Crippen LogP contribution in [0, 0.1) is 0 Å². The van der Waals surface area contributed by atoms with Crippen molar-refractivity contribution in [2.24, 2.45) is 0 Å². The van der Waals surface area contributed by atoms with E-state index in [4.69, 9.17) is 0 Å². The van der Waals surface area contributed by atoms with E-state index in [9.17, 15) is 4.79 Å². The summed E-state index contributed by atoms with van der Waals surface area (Å²) >= 11 is 3.29. The molecule has 100 valence electrons. The summed E-state index contributed by atoms with van der Waals surface area (Å²) < 4.78 is 2.69. The summed E-state index contributed by atoms with van der Waals surface area (Å²) in [7, 11) is 0. The van der Waals surface area contributed by atoms with Crippen LogP contribution >= 0.6 is 15.9 Å². The third-order valence-electron chi connectivity index (χ3n) is 2.81. The Balaban J connectivity index is 1.71. The Morgan fingerprint density at radius 1 is 1.35 bits per heavy atom. The monoisotopic (exact) mass is 330 g/mol. The molecule has 0 atom stereocenters. The van der Waals surface area contributed by atoms with Gasteiger partial charge in [0, 0.05) is 29.3 Å². The molecule has 0 aromatic carbocycles. The first-order chi connectivity index (χ1) is 9.72. The van der Waals surface area contributed by atoms with Crippen molar-refractivity contribution in [1.82, 2.24) is 19.7 Å². The highest BCUT2D eigenvalue weighted by Gasteiger charge is 2.07. The van der Waals surface area contributed by atoms with Gasteiger partial charge in [-0.15, -0.1) is 0 Å². The third kappa shape index (κ3) is 2.70. The molecule has 3 rings (SSSR count). The number of hydrogen-bond donors (Lipinski definition) is 1. The lowest BCUT2D eigenvalue weighted by molar-refractivity contribution is 0.0950. The van der Waals surface area contributed by atoms with Crippen LogP contribution in [-0.4, -0.2) is 20.3 Å². The summed E-state index contributed by atoms with van der Waals surface area (Å²) in [6.07, 6.45) is 6.99. The molecule has 0 saturated heterocycles. The van der Waals surface area contributed by atoms with E-state index in [0.717, 1.165) is 15.8 Å². The highest BCUT2D eigenvalue weighted by atomic mass is 79.9. The van der Waals surface area contributed by atoms with Gasteiger partial charge in [-0.2, -0.15) is 0 Å². The predicted octanol–water partition coefficient (Wildman–Crippen LogP) is 2.42. The van der Waals surface area contributed by atoms with E-state index in [0.29, 0.717) is 12.1 Å². The van der Waals surface area contributed by atoms with Gasteiger partial charge >= 0.3 is 0 Å². The summed E-state index contributed by atoms with van der Waals surface area (Å²) in [5.41, 5.74) is 2.19. The van der Waals surface area contributed by atoms with Crippen molar-refractivity contribution in [3.8, 4) is 0 Å². The first-order valence-corrected chi connectivity index (χ1v) is 6.83. The van der Waals surface area contributed by atoms with Crippen molar-refractivity contribution in [1.29, 1.82) is 0 Å². The molecule has 3 aromatic rings. The lowest BCUT2D eigenvalue weighted by Gasteiger charge is -2.02. The van der Waals surface area contributed by atoms with Crippen LogP contribution in [0.2, 0.25) is 0 Å². The second kappa shape index (κ2) is 5.42. The van der Waals surface area contributed by atoms with Crippen LogP contribution in [0.4, 0.5) is 0 Å². The number of carbonyl (C=O) groups is 1. The zero-order valence-electron chi connectivity index (χ0n) is 10.5. The van der Waals surface area contributed by atoms with E-state index in [-0.39, 0.29) is 5.91 Å². The molecule has 0 aliphatic heterocycles. The number of halogens is 1. The van der Waals surface area contributed by atoms with Crippen LogP contribution in [0.3, 0.4) is 0 Å². The molecule has 0 saturated carbocycles. The molecule has 0 spiro atoms. The molecular formula is C14H11BrN4O. The van der Waals surface area contributed by atoms with Gasteiger partial charge in [0.25, 0.3) is 5.91 Å². The van der Waals surface area contributed by atoms with Gasteiger partial charge in [0.2, 0.25) is 0 Å².